The van der Waals surface area contributed by atoms with Gasteiger partial charge in [0.05, 0.1) is 6.04 Å². The molecule has 1 atom stereocenters. The predicted molar refractivity (Wildman–Crippen MR) is 97.1 cm³/mol. The molecule has 0 heterocycles. The minimum Gasteiger partial charge on any atom is -0.353 e. The van der Waals surface area contributed by atoms with Gasteiger partial charge in [0.15, 0.2) is 0 Å². The molecule has 6 heteroatoms. The van der Waals surface area contributed by atoms with Gasteiger partial charge in [0, 0.05) is 20.7 Å². The molecule has 0 bridgehead atoms. The third kappa shape index (κ3) is 7.54. The van der Waals surface area contributed by atoms with Crippen molar-refractivity contribution in [1.29, 1.82) is 0 Å². The quantitative estimate of drug-likeness (QED) is 0.719. The van der Waals surface area contributed by atoms with Crippen LogP contribution in [0.3, 0.4) is 0 Å². The van der Waals surface area contributed by atoms with Crippen molar-refractivity contribution in [3.8, 4) is 0 Å². The Morgan fingerprint density at radius 2 is 1.86 bits per heavy atom. The van der Waals surface area contributed by atoms with E-state index in [0.29, 0.717) is 6.54 Å². The molecule has 0 aliphatic heterocycles. The zero-order chi connectivity index (χ0) is 15.3. The number of hydrogen-bond donors (Lipinski definition) is 2. The van der Waals surface area contributed by atoms with E-state index >= 15 is 0 Å². The van der Waals surface area contributed by atoms with Crippen LogP contribution in [0.5, 0.6) is 0 Å². The van der Waals surface area contributed by atoms with E-state index in [2.05, 4.69) is 47.2 Å². The first-order valence-corrected chi connectivity index (χ1v) is 8.30. The molecule has 1 aromatic rings. The van der Waals surface area contributed by atoms with E-state index < -0.39 is 6.04 Å². The van der Waals surface area contributed by atoms with Crippen molar-refractivity contribution in [1.82, 2.24) is 5.32 Å². The fraction of sp³-hybridized carbons (Fsp3) is 0.533. The van der Waals surface area contributed by atoms with Crippen LogP contribution in [-0.4, -0.2) is 23.2 Å². The lowest BCUT2D eigenvalue weighted by Crippen LogP contribution is -2.47. The summed E-state index contributed by atoms with van der Waals surface area (Å²) in [6.45, 7) is 8.71. The molecule has 21 heavy (non-hydrogen) atoms. The Morgan fingerprint density at radius 1 is 1.33 bits per heavy atom. The summed E-state index contributed by atoms with van der Waals surface area (Å²) in [5.41, 5.74) is 5.83. The summed E-state index contributed by atoms with van der Waals surface area (Å²) < 4.78 is 0.982. The van der Waals surface area contributed by atoms with Crippen molar-refractivity contribution in [2.24, 2.45) is 11.7 Å². The molecule has 0 aliphatic carbocycles. The molecule has 0 aromatic heterocycles. The highest BCUT2D eigenvalue weighted by Gasteiger charge is 2.23. The molecule has 3 nitrogen and oxygen atoms in total. The average molecular weight is 396 g/mol. The molecular formula is C15H24BrClN2OS. The van der Waals surface area contributed by atoms with Crippen LogP contribution in [0.2, 0.25) is 0 Å². The lowest BCUT2D eigenvalue weighted by Gasteiger charge is -2.26. The molecule has 0 radical (unpaired) electrons. The van der Waals surface area contributed by atoms with Gasteiger partial charge in [-0.25, -0.2) is 0 Å². The maximum absolute atomic E-state index is 11.9. The first kappa shape index (κ1) is 20.8. The SMILES string of the molecule is CC(C)[C@H](N)C(=O)NCC(C)(C)Sc1ccc(Br)cc1.Cl. The van der Waals surface area contributed by atoms with Gasteiger partial charge in [-0.05, 0) is 44.0 Å². The number of halogens is 2. The predicted octanol–water partition coefficient (Wildman–Crippen LogP) is 3.84. The van der Waals surface area contributed by atoms with E-state index in [0.717, 1.165) is 4.47 Å². The van der Waals surface area contributed by atoms with Crippen molar-refractivity contribution in [2.75, 3.05) is 6.54 Å². The Bertz CT molecular complexity index is 451. The van der Waals surface area contributed by atoms with Crippen LogP contribution in [0.25, 0.3) is 0 Å². The average Bonchev–Trinajstić information content (AvgIpc) is 2.37. The molecular weight excluding hydrogens is 372 g/mol. The highest BCUT2D eigenvalue weighted by Crippen LogP contribution is 2.32. The smallest absolute Gasteiger partial charge is 0.237 e. The molecule has 0 saturated heterocycles. The number of rotatable bonds is 6. The molecule has 0 aliphatic rings. The number of carbonyl (C=O) groups is 1. The van der Waals surface area contributed by atoms with Gasteiger partial charge in [0.25, 0.3) is 0 Å². The fourth-order valence-electron chi connectivity index (χ4n) is 1.58. The van der Waals surface area contributed by atoms with Crippen LogP contribution in [0.1, 0.15) is 27.7 Å². The van der Waals surface area contributed by atoms with Crippen molar-refractivity contribution in [3.05, 3.63) is 28.7 Å². The van der Waals surface area contributed by atoms with Gasteiger partial charge in [-0.1, -0.05) is 29.8 Å². The number of carbonyl (C=O) groups excluding carboxylic acids is 1. The lowest BCUT2D eigenvalue weighted by atomic mass is 10.0. The summed E-state index contributed by atoms with van der Waals surface area (Å²) in [6.07, 6.45) is 0. The molecule has 0 saturated carbocycles. The largest absolute Gasteiger partial charge is 0.353 e. The van der Waals surface area contributed by atoms with Crippen molar-refractivity contribution < 1.29 is 4.79 Å². The third-order valence-corrected chi connectivity index (χ3v) is 4.65. The number of nitrogens with two attached hydrogens (primary N) is 1. The molecule has 1 rings (SSSR count). The van der Waals surface area contributed by atoms with Gasteiger partial charge < -0.3 is 11.1 Å². The van der Waals surface area contributed by atoms with E-state index in [1.807, 2.05) is 26.0 Å². The topological polar surface area (TPSA) is 55.1 Å². The van der Waals surface area contributed by atoms with Gasteiger partial charge >= 0.3 is 0 Å². The van der Waals surface area contributed by atoms with Crippen LogP contribution in [0.4, 0.5) is 0 Å². The molecule has 1 aromatic carbocycles. The first-order chi connectivity index (χ1) is 9.21. The third-order valence-electron chi connectivity index (χ3n) is 2.92. The molecule has 3 N–H and O–H groups in total. The fourth-order valence-corrected chi connectivity index (χ4v) is 2.90. The second kappa shape index (κ2) is 9.03. The highest BCUT2D eigenvalue weighted by molar-refractivity contribution is 9.10. The van der Waals surface area contributed by atoms with Gasteiger partial charge in [-0.15, -0.1) is 24.2 Å². The number of hydrogen-bond acceptors (Lipinski definition) is 3. The Kier molecular flexibility index (Phi) is 8.93. The van der Waals surface area contributed by atoms with E-state index in [-0.39, 0.29) is 29.0 Å². The molecule has 0 fully saturated rings. The monoisotopic (exact) mass is 394 g/mol. The second-order valence-corrected chi connectivity index (χ2v) is 8.50. The van der Waals surface area contributed by atoms with Gasteiger partial charge in [0.2, 0.25) is 5.91 Å². The number of amides is 1. The Balaban J connectivity index is 0.00000400. The van der Waals surface area contributed by atoms with Gasteiger partial charge in [0.1, 0.15) is 0 Å². The van der Waals surface area contributed by atoms with E-state index in [4.69, 9.17) is 5.73 Å². The van der Waals surface area contributed by atoms with Crippen LogP contribution in [-0.2, 0) is 4.79 Å². The van der Waals surface area contributed by atoms with E-state index in [1.165, 1.54) is 4.90 Å². The number of thioether (sulfide) groups is 1. The van der Waals surface area contributed by atoms with E-state index in [1.54, 1.807) is 11.8 Å². The summed E-state index contributed by atoms with van der Waals surface area (Å²) in [7, 11) is 0. The highest BCUT2D eigenvalue weighted by atomic mass is 79.9. The van der Waals surface area contributed by atoms with Crippen molar-refractivity contribution in [3.63, 3.8) is 0 Å². The van der Waals surface area contributed by atoms with Crippen molar-refractivity contribution >= 4 is 46.0 Å². The Labute approximate surface area is 146 Å². The Morgan fingerprint density at radius 3 is 2.33 bits per heavy atom. The summed E-state index contributed by atoms with van der Waals surface area (Å²) in [5, 5.41) is 2.94. The molecule has 1 amide bonds. The Hall–Kier alpha value is -0.230. The zero-order valence-electron chi connectivity index (χ0n) is 12.9. The lowest BCUT2D eigenvalue weighted by molar-refractivity contribution is -0.123. The van der Waals surface area contributed by atoms with E-state index in [9.17, 15) is 4.79 Å². The zero-order valence-corrected chi connectivity index (χ0v) is 16.1. The summed E-state index contributed by atoms with van der Waals surface area (Å²) >= 11 is 5.16. The van der Waals surface area contributed by atoms with Crippen LogP contribution < -0.4 is 11.1 Å². The summed E-state index contributed by atoms with van der Waals surface area (Å²) in [6, 6.07) is 7.73. The maximum atomic E-state index is 11.9. The number of benzene rings is 1. The summed E-state index contributed by atoms with van der Waals surface area (Å²) in [5.74, 6) is 0.0710. The minimum absolute atomic E-state index is 0. The van der Waals surface area contributed by atoms with Crippen LogP contribution in [0, 0.1) is 5.92 Å². The van der Waals surface area contributed by atoms with Gasteiger partial charge in [-0.2, -0.15) is 0 Å². The van der Waals surface area contributed by atoms with Crippen LogP contribution >= 0.6 is 40.1 Å². The second-order valence-electron chi connectivity index (χ2n) is 5.80. The first-order valence-electron chi connectivity index (χ1n) is 6.69. The normalized spacial score (nSPS) is 12.7. The molecule has 120 valence electrons. The minimum atomic E-state index is -0.441. The molecule has 0 unspecified atom stereocenters. The number of nitrogens with one attached hydrogen (secondary N) is 1. The summed E-state index contributed by atoms with van der Waals surface area (Å²) in [4.78, 5) is 13.1. The van der Waals surface area contributed by atoms with Crippen LogP contribution in [0.15, 0.2) is 33.6 Å². The maximum Gasteiger partial charge on any atom is 0.237 e. The molecule has 0 spiro atoms. The standard InChI is InChI=1S/C15H23BrN2OS.ClH/c1-10(2)13(17)14(19)18-9-15(3,4)20-12-7-5-11(16)6-8-12;/h5-8,10,13H,9,17H2,1-4H3,(H,18,19);1H/t13-;/m0./s1. The van der Waals surface area contributed by atoms with Gasteiger partial charge in [-0.3, -0.25) is 4.79 Å². The van der Waals surface area contributed by atoms with Crippen molar-refractivity contribution in [2.45, 2.75) is 43.4 Å².